The van der Waals surface area contributed by atoms with Crippen LogP contribution in [-0.2, 0) is 14.8 Å². The van der Waals surface area contributed by atoms with Crippen LogP contribution in [0.5, 0.6) is 0 Å². The van der Waals surface area contributed by atoms with Gasteiger partial charge in [-0.1, -0.05) is 6.07 Å². The first-order valence-corrected chi connectivity index (χ1v) is 9.22. The molecule has 5 nitrogen and oxygen atoms in total. The number of anilines is 1. The van der Waals surface area contributed by atoms with Crippen molar-refractivity contribution in [2.24, 2.45) is 5.92 Å². The number of nitrogens with two attached hydrogens (primary N) is 1. The van der Waals surface area contributed by atoms with Gasteiger partial charge in [0.2, 0.25) is 10.0 Å². The molecule has 20 heavy (non-hydrogen) atoms. The Morgan fingerprint density at radius 1 is 1.45 bits per heavy atom. The summed E-state index contributed by atoms with van der Waals surface area (Å²) in [5.41, 5.74) is 6.37. The van der Waals surface area contributed by atoms with E-state index in [0.717, 1.165) is 17.9 Å². The van der Waals surface area contributed by atoms with Crippen LogP contribution in [0.25, 0.3) is 0 Å². The van der Waals surface area contributed by atoms with Crippen molar-refractivity contribution >= 4 is 27.5 Å². The molecule has 1 unspecified atom stereocenters. The number of nitrogens with one attached hydrogen (secondary N) is 1. The molecule has 1 aliphatic heterocycles. The SMILES string of the molecule is Nc1cccc(SCCS(=O)(=O)NCC2CCOC2)c1. The number of nitrogen functional groups attached to an aromatic ring is 1. The van der Waals surface area contributed by atoms with Crippen LogP contribution in [0.1, 0.15) is 6.42 Å². The summed E-state index contributed by atoms with van der Waals surface area (Å²) in [7, 11) is -3.21. The normalized spacial score (nSPS) is 19.3. The van der Waals surface area contributed by atoms with Gasteiger partial charge in [0, 0.05) is 29.5 Å². The number of sulfonamides is 1. The van der Waals surface area contributed by atoms with Crippen LogP contribution in [0.15, 0.2) is 29.2 Å². The average molecular weight is 316 g/mol. The predicted octanol–water partition coefficient (Wildman–Crippen LogP) is 1.32. The Hall–Kier alpha value is -0.760. The number of hydrogen-bond donors (Lipinski definition) is 2. The Kier molecular flexibility index (Phi) is 5.71. The van der Waals surface area contributed by atoms with Crippen molar-refractivity contribution in [3.05, 3.63) is 24.3 Å². The van der Waals surface area contributed by atoms with Gasteiger partial charge in [-0.15, -0.1) is 11.8 Å². The molecule has 0 saturated carbocycles. The van der Waals surface area contributed by atoms with Crippen molar-refractivity contribution < 1.29 is 13.2 Å². The molecule has 112 valence electrons. The molecule has 3 N–H and O–H groups in total. The summed E-state index contributed by atoms with van der Waals surface area (Å²) in [6.45, 7) is 1.86. The summed E-state index contributed by atoms with van der Waals surface area (Å²) in [6, 6.07) is 7.45. The highest BCUT2D eigenvalue weighted by atomic mass is 32.2. The van der Waals surface area contributed by atoms with Gasteiger partial charge >= 0.3 is 0 Å². The quantitative estimate of drug-likeness (QED) is 0.586. The molecule has 2 rings (SSSR count). The Morgan fingerprint density at radius 3 is 3.00 bits per heavy atom. The molecule has 7 heteroatoms. The van der Waals surface area contributed by atoms with Crippen molar-refractivity contribution in [2.75, 3.05) is 37.0 Å². The first kappa shape index (κ1) is 15.6. The van der Waals surface area contributed by atoms with E-state index in [1.165, 1.54) is 11.8 Å². The van der Waals surface area contributed by atoms with E-state index in [-0.39, 0.29) is 5.75 Å². The van der Waals surface area contributed by atoms with Crippen molar-refractivity contribution in [2.45, 2.75) is 11.3 Å². The van der Waals surface area contributed by atoms with Crippen LogP contribution in [-0.4, -0.2) is 39.7 Å². The van der Waals surface area contributed by atoms with Crippen LogP contribution in [0, 0.1) is 5.92 Å². The topological polar surface area (TPSA) is 81.4 Å². The number of benzene rings is 1. The minimum atomic E-state index is -3.21. The average Bonchev–Trinajstić information content (AvgIpc) is 2.89. The molecular weight excluding hydrogens is 296 g/mol. The van der Waals surface area contributed by atoms with E-state index < -0.39 is 10.0 Å². The summed E-state index contributed by atoms with van der Waals surface area (Å²) in [5.74, 6) is 0.936. The smallest absolute Gasteiger partial charge is 0.212 e. The Morgan fingerprint density at radius 2 is 2.30 bits per heavy atom. The van der Waals surface area contributed by atoms with Gasteiger partial charge in [0.25, 0.3) is 0 Å². The van der Waals surface area contributed by atoms with E-state index in [9.17, 15) is 8.42 Å². The molecule has 0 radical (unpaired) electrons. The zero-order chi connectivity index (χ0) is 14.4. The molecule has 0 aromatic heterocycles. The van der Waals surface area contributed by atoms with Gasteiger partial charge in [0.1, 0.15) is 0 Å². The highest BCUT2D eigenvalue weighted by Crippen LogP contribution is 2.20. The van der Waals surface area contributed by atoms with Crippen LogP contribution in [0.2, 0.25) is 0 Å². The van der Waals surface area contributed by atoms with E-state index in [2.05, 4.69) is 4.72 Å². The van der Waals surface area contributed by atoms with Crippen molar-refractivity contribution in [1.82, 2.24) is 4.72 Å². The third-order valence-electron chi connectivity index (χ3n) is 3.09. The highest BCUT2D eigenvalue weighted by Gasteiger charge is 2.18. The van der Waals surface area contributed by atoms with Gasteiger partial charge in [-0.25, -0.2) is 13.1 Å². The minimum absolute atomic E-state index is 0.111. The molecule has 1 aliphatic rings. The predicted molar refractivity (Wildman–Crippen MR) is 82.3 cm³/mol. The number of hydrogen-bond acceptors (Lipinski definition) is 5. The second-order valence-corrected chi connectivity index (χ2v) is 7.91. The summed E-state index contributed by atoms with van der Waals surface area (Å²) >= 11 is 1.50. The first-order chi connectivity index (χ1) is 9.55. The maximum absolute atomic E-state index is 11.9. The number of thioether (sulfide) groups is 1. The lowest BCUT2D eigenvalue weighted by molar-refractivity contribution is 0.186. The lowest BCUT2D eigenvalue weighted by Gasteiger charge is -2.10. The fourth-order valence-corrected chi connectivity index (χ4v) is 4.41. The van der Waals surface area contributed by atoms with Crippen LogP contribution in [0.3, 0.4) is 0 Å². The summed E-state index contributed by atoms with van der Waals surface area (Å²) in [4.78, 5) is 0.990. The standard InChI is InChI=1S/C13H20N2O3S2/c14-12-2-1-3-13(8-12)19-6-7-20(16,17)15-9-11-4-5-18-10-11/h1-3,8,11,15H,4-7,9-10,14H2. The molecular formula is C13H20N2O3S2. The Labute approximate surface area is 124 Å². The maximum atomic E-state index is 11.9. The van der Waals surface area contributed by atoms with Crippen LogP contribution < -0.4 is 10.5 Å². The molecule has 1 saturated heterocycles. The first-order valence-electron chi connectivity index (χ1n) is 6.58. The lowest BCUT2D eigenvalue weighted by atomic mass is 10.1. The minimum Gasteiger partial charge on any atom is -0.399 e. The second-order valence-electron chi connectivity index (χ2n) is 4.82. The van der Waals surface area contributed by atoms with Crippen molar-refractivity contribution in [3.8, 4) is 0 Å². The van der Waals surface area contributed by atoms with E-state index >= 15 is 0 Å². The van der Waals surface area contributed by atoms with Gasteiger partial charge in [-0.2, -0.15) is 0 Å². The molecule has 0 amide bonds. The fraction of sp³-hybridized carbons (Fsp3) is 0.538. The van der Waals surface area contributed by atoms with Gasteiger partial charge in [0.05, 0.1) is 12.4 Å². The molecule has 0 spiro atoms. The third-order valence-corrected chi connectivity index (χ3v) is 5.70. The summed E-state index contributed by atoms with van der Waals surface area (Å²) < 4.78 is 31.6. The fourth-order valence-electron chi connectivity index (χ4n) is 1.93. The van der Waals surface area contributed by atoms with E-state index in [0.29, 0.717) is 30.5 Å². The summed E-state index contributed by atoms with van der Waals surface area (Å²) in [5, 5.41) is 0. The van der Waals surface area contributed by atoms with E-state index in [1.807, 2.05) is 24.3 Å². The van der Waals surface area contributed by atoms with Gasteiger partial charge in [0.15, 0.2) is 0 Å². The third kappa shape index (κ3) is 5.32. The van der Waals surface area contributed by atoms with Gasteiger partial charge in [-0.3, -0.25) is 0 Å². The highest BCUT2D eigenvalue weighted by molar-refractivity contribution is 8.00. The van der Waals surface area contributed by atoms with Crippen LogP contribution >= 0.6 is 11.8 Å². The van der Waals surface area contributed by atoms with Gasteiger partial charge in [-0.05, 0) is 30.5 Å². The number of rotatable bonds is 7. The van der Waals surface area contributed by atoms with Crippen molar-refractivity contribution in [1.29, 1.82) is 0 Å². The zero-order valence-corrected chi connectivity index (χ0v) is 12.9. The van der Waals surface area contributed by atoms with Crippen molar-refractivity contribution in [3.63, 3.8) is 0 Å². The Bertz CT molecular complexity index is 528. The van der Waals surface area contributed by atoms with E-state index in [4.69, 9.17) is 10.5 Å². The lowest BCUT2D eigenvalue weighted by Crippen LogP contribution is -2.32. The monoisotopic (exact) mass is 316 g/mol. The summed E-state index contributed by atoms with van der Waals surface area (Å²) in [6.07, 6.45) is 0.931. The largest absolute Gasteiger partial charge is 0.399 e. The molecule has 1 heterocycles. The maximum Gasteiger partial charge on any atom is 0.212 e. The molecule has 1 aromatic carbocycles. The zero-order valence-electron chi connectivity index (χ0n) is 11.2. The molecule has 0 bridgehead atoms. The van der Waals surface area contributed by atoms with E-state index in [1.54, 1.807) is 0 Å². The van der Waals surface area contributed by atoms with Gasteiger partial charge < -0.3 is 10.5 Å². The molecule has 1 fully saturated rings. The molecule has 1 atom stereocenters. The molecule has 0 aliphatic carbocycles. The van der Waals surface area contributed by atoms with Crippen LogP contribution in [0.4, 0.5) is 5.69 Å². The Balaban J connectivity index is 1.71. The molecule has 1 aromatic rings. The second kappa shape index (κ2) is 7.31. The number of ether oxygens (including phenoxy) is 1.